The Morgan fingerprint density at radius 1 is 1.17 bits per heavy atom. The van der Waals surface area contributed by atoms with Crippen LogP contribution in [-0.2, 0) is 16.0 Å². The van der Waals surface area contributed by atoms with E-state index in [9.17, 15) is 4.79 Å². The maximum absolute atomic E-state index is 12.2. The third-order valence-electron chi connectivity index (χ3n) is 4.96. The van der Waals surface area contributed by atoms with Crippen molar-refractivity contribution < 1.29 is 9.53 Å². The summed E-state index contributed by atoms with van der Waals surface area (Å²) in [6.45, 7) is 3.73. The second-order valence-corrected chi connectivity index (χ2v) is 6.69. The number of ether oxygens (including phenoxy) is 1. The van der Waals surface area contributed by atoms with Crippen LogP contribution in [0.4, 0.5) is 0 Å². The first kappa shape index (κ1) is 16.5. The number of piperidine rings is 1. The second-order valence-electron chi connectivity index (χ2n) is 6.69. The Balaban J connectivity index is 1.58. The van der Waals surface area contributed by atoms with Gasteiger partial charge in [0.05, 0.1) is 0 Å². The van der Waals surface area contributed by atoms with Gasteiger partial charge >= 0.3 is 0 Å². The molecule has 0 saturated carbocycles. The zero-order valence-corrected chi connectivity index (χ0v) is 13.9. The van der Waals surface area contributed by atoms with Crippen LogP contribution in [0.5, 0.6) is 0 Å². The zero-order chi connectivity index (χ0) is 15.9. The summed E-state index contributed by atoms with van der Waals surface area (Å²) in [6, 6.07) is 11.0. The Morgan fingerprint density at radius 3 is 2.65 bits per heavy atom. The maximum Gasteiger partial charge on any atom is 0.249 e. The lowest BCUT2D eigenvalue weighted by Crippen LogP contribution is -2.48. The average Bonchev–Trinajstić information content (AvgIpc) is 3.15. The fourth-order valence-corrected chi connectivity index (χ4v) is 3.62. The highest BCUT2D eigenvalue weighted by molar-refractivity contribution is 5.80. The first-order valence-corrected chi connectivity index (χ1v) is 9.00. The van der Waals surface area contributed by atoms with Gasteiger partial charge in [-0.2, -0.15) is 0 Å². The van der Waals surface area contributed by atoms with E-state index < -0.39 is 0 Å². The predicted octanol–water partition coefficient (Wildman–Crippen LogP) is 2.38. The Hall–Kier alpha value is -1.39. The molecule has 2 atom stereocenters. The highest BCUT2D eigenvalue weighted by Crippen LogP contribution is 2.16. The molecule has 2 saturated heterocycles. The monoisotopic (exact) mass is 316 g/mol. The van der Waals surface area contributed by atoms with Gasteiger partial charge in [-0.3, -0.25) is 9.69 Å². The summed E-state index contributed by atoms with van der Waals surface area (Å²) >= 11 is 0. The van der Waals surface area contributed by atoms with Gasteiger partial charge in [0, 0.05) is 19.2 Å². The van der Waals surface area contributed by atoms with Crippen molar-refractivity contribution in [3.63, 3.8) is 0 Å². The van der Waals surface area contributed by atoms with Crippen molar-refractivity contribution in [3.05, 3.63) is 35.9 Å². The van der Waals surface area contributed by atoms with Crippen LogP contribution in [0.2, 0.25) is 0 Å². The van der Waals surface area contributed by atoms with Crippen LogP contribution in [0.15, 0.2) is 30.3 Å². The third kappa shape index (κ3) is 4.79. The van der Waals surface area contributed by atoms with Crippen molar-refractivity contribution in [2.24, 2.45) is 0 Å². The molecule has 1 N–H and O–H groups in total. The number of carbonyl (C=O) groups excluding carboxylic acids is 1. The number of amides is 1. The van der Waals surface area contributed by atoms with Crippen molar-refractivity contribution in [2.75, 3.05) is 26.2 Å². The van der Waals surface area contributed by atoms with Gasteiger partial charge in [0.15, 0.2) is 0 Å². The first-order chi connectivity index (χ1) is 11.3. The largest absolute Gasteiger partial charge is 0.368 e. The summed E-state index contributed by atoms with van der Waals surface area (Å²) in [7, 11) is 0. The van der Waals surface area contributed by atoms with E-state index in [-0.39, 0.29) is 12.0 Å². The van der Waals surface area contributed by atoms with Crippen LogP contribution in [0.3, 0.4) is 0 Å². The molecule has 2 aliphatic rings. The van der Waals surface area contributed by atoms with Gasteiger partial charge in [-0.05, 0) is 50.8 Å². The molecule has 2 fully saturated rings. The minimum atomic E-state index is -0.228. The van der Waals surface area contributed by atoms with Crippen LogP contribution in [0, 0.1) is 0 Å². The summed E-state index contributed by atoms with van der Waals surface area (Å²) in [5, 5.41) is 3.14. The van der Waals surface area contributed by atoms with Crippen molar-refractivity contribution >= 4 is 5.91 Å². The van der Waals surface area contributed by atoms with Crippen molar-refractivity contribution in [1.82, 2.24) is 10.2 Å². The molecule has 0 bridgehead atoms. The highest BCUT2D eigenvalue weighted by Gasteiger charge is 2.26. The van der Waals surface area contributed by atoms with Gasteiger partial charge < -0.3 is 10.1 Å². The smallest absolute Gasteiger partial charge is 0.249 e. The van der Waals surface area contributed by atoms with Crippen LogP contribution in [0.1, 0.15) is 37.7 Å². The van der Waals surface area contributed by atoms with Crippen LogP contribution in [0.25, 0.3) is 0 Å². The van der Waals surface area contributed by atoms with Gasteiger partial charge in [0.1, 0.15) is 6.10 Å². The number of hydrogen-bond donors (Lipinski definition) is 1. The van der Waals surface area contributed by atoms with Gasteiger partial charge in [-0.25, -0.2) is 0 Å². The van der Waals surface area contributed by atoms with Gasteiger partial charge in [0.25, 0.3) is 0 Å². The predicted molar refractivity (Wildman–Crippen MR) is 91.3 cm³/mol. The quantitative estimate of drug-likeness (QED) is 0.876. The molecule has 3 rings (SSSR count). The molecule has 0 aromatic heterocycles. The van der Waals surface area contributed by atoms with E-state index in [4.69, 9.17) is 4.74 Å². The topological polar surface area (TPSA) is 41.6 Å². The number of likely N-dealkylation sites (tertiary alicyclic amines) is 1. The summed E-state index contributed by atoms with van der Waals surface area (Å²) < 4.78 is 5.49. The Labute approximate surface area is 139 Å². The lowest BCUT2D eigenvalue weighted by molar-refractivity contribution is -0.130. The number of benzene rings is 1. The number of carbonyl (C=O) groups is 1. The first-order valence-electron chi connectivity index (χ1n) is 9.00. The average molecular weight is 316 g/mol. The van der Waals surface area contributed by atoms with Crippen molar-refractivity contribution in [3.8, 4) is 0 Å². The normalized spacial score (nSPS) is 23.6. The van der Waals surface area contributed by atoms with Crippen LogP contribution < -0.4 is 5.32 Å². The summed E-state index contributed by atoms with van der Waals surface area (Å²) in [5.74, 6) is 0.0672. The molecule has 1 aromatic carbocycles. The fourth-order valence-electron chi connectivity index (χ4n) is 3.62. The Kier molecular flexibility index (Phi) is 6.06. The lowest BCUT2D eigenvalue weighted by atomic mass is 10.0. The Morgan fingerprint density at radius 2 is 1.96 bits per heavy atom. The molecule has 2 heterocycles. The van der Waals surface area contributed by atoms with Gasteiger partial charge in [-0.15, -0.1) is 0 Å². The fraction of sp³-hybridized carbons (Fsp3) is 0.632. The molecule has 23 heavy (non-hydrogen) atoms. The summed E-state index contributed by atoms with van der Waals surface area (Å²) in [5.41, 5.74) is 1.34. The number of rotatable bonds is 6. The summed E-state index contributed by atoms with van der Waals surface area (Å²) in [4.78, 5) is 14.8. The number of hydrogen-bond acceptors (Lipinski definition) is 3. The van der Waals surface area contributed by atoms with E-state index >= 15 is 0 Å². The van der Waals surface area contributed by atoms with Gasteiger partial charge in [-0.1, -0.05) is 36.8 Å². The second kappa shape index (κ2) is 8.46. The van der Waals surface area contributed by atoms with Crippen LogP contribution in [-0.4, -0.2) is 49.2 Å². The van der Waals surface area contributed by atoms with E-state index in [0.717, 1.165) is 39.0 Å². The van der Waals surface area contributed by atoms with Crippen molar-refractivity contribution in [2.45, 2.75) is 50.7 Å². The van der Waals surface area contributed by atoms with Crippen LogP contribution >= 0.6 is 0 Å². The molecule has 2 aliphatic heterocycles. The lowest BCUT2D eigenvalue weighted by Gasteiger charge is -2.35. The molecular weight excluding hydrogens is 288 g/mol. The minimum absolute atomic E-state index is 0.0672. The Bertz CT molecular complexity index is 479. The van der Waals surface area contributed by atoms with E-state index in [0.29, 0.717) is 12.6 Å². The van der Waals surface area contributed by atoms with Gasteiger partial charge in [0.2, 0.25) is 5.91 Å². The SMILES string of the molecule is O=C(NCC(Cc1ccccc1)N1CCCCC1)C1CCCO1. The molecule has 4 nitrogen and oxygen atoms in total. The molecule has 2 unspecified atom stereocenters. The molecule has 0 aliphatic carbocycles. The van der Waals surface area contributed by atoms with E-state index in [1.165, 1.54) is 24.8 Å². The standard InChI is InChI=1S/C19H28N2O2/c22-19(18-10-7-13-23-18)20-15-17(21-11-5-2-6-12-21)14-16-8-3-1-4-9-16/h1,3-4,8-9,17-18H,2,5-7,10-15H2,(H,20,22). The molecule has 0 radical (unpaired) electrons. The molecule has 1 amide bonds. The minimum Gasteiger partial charge on any atom is -0.368 e. The molecule has 1 aromatic rings. The van der Waals surface area contributed by atoms with E-state index in [2.05, 4.69) is 40.5 Å². The third-order valence-corrected chi connectivity index (χ3v) is 4.96. The van der Waals surface area contributed by atoms with E-state index in [1.807, 2.05) is 0 Å². The number of nitrogens with one attached hydrogen (secondary N) is 1. The summed E-state index contributed by atoms with van der Waals surface area (Å²) in [6.07, 6.45) is 6.49. The molecular formula is C19H28N2O2. The zero-order valence-electron chi connectivity index (χ0n) is 13.9. The maximum atomic E-state index is 12.2. The molecule has 4 heteroatoms. The van der Waals surface area contributed by atoms with Crippen molar-refractivity contribution in [1.29, 1.82) is 0 Å². The molecule has 0 spiro atoms. The molecule has 126 valence electrons. The number of nitrogens with zero attached hydrogens (tertiary/aromatic N) is 1. The highest BCUT2D eigenvalue weighted by atomic mass is 16.5. The van der Waals surface area contributed by atoms with E-state index in [1.54, 1.807) is 0 Å².